The van der Waals surface area contributed by atoms with Gasteiger partial charge in [-0.15, -0.1) is 5.10 Å². The summed E-state index contributed by atoms with van der Waals surface area (Å²) in [6, 6.07) is 5.97. The van der Waals surface area contributed by atoms with Crippen LogP contribution in [0, 0.1) is 0 Å². The van der Waals surface area contributed by atoms with Crippen LogP contribution in [0.15, 0.2) is 29.1 Å². The number of carboxylic acids is 1. The van der Waals surface area contributed by atoms with Gasteiger partial charge >= 0.3 is 5.97 Å². The average Bonchev–Trinajstić information content (AvgIpc) is 2.57. The van der Waals surface area contributed by atoms with Crippen LogP contribution in [0.5, 0.6) is 0 Å². The minimum absolute atomic E-state index is 0.000303. The van der Waals surface area contributed by atoms with Crippen LogP contribution < -0.4 is 10.9 Å². The average molecular weight is 350 g/mol. The maximum Gasteiger partial charge on any atom is 0.305 e. The van der Waals surface area contributed by atoms with Crippen molar-refractivity contribution < 1.29 is 14.7 Å². The minimum Gasteiger partial charge on any atom is -0.481 e. The molecule has 0 bridgehead atoms. The number of carboxylic acid groups (broad SMARTS) is 1. The maximum atomic E-state index is 12.6. The first kappa shape index (κ1) is 17.9. The van der Waals surface area contributed by atoms with Crippen molar-refractivity contribution in [3.05, 3.63) is 34.6 Å². The van der Waals surface area contributed by atoms with Gasteiger partial charge in [-0.1, -0.05) is 17.3 Å². The predicted molar refractivity (Wildman–Crippen MR) is 91.1 cm³/mol. The molecule has 0 saturated heterocycles. The molecule has 1 amide bonds. The summed E-state index contributed by atoms with van der Waals surface area (Å²) in [4.78, 5) is 35.5. The standard InChI is InChI=1S/C15H18N4O4S/c1-24-9-7-12(14(22)16-8-6-13(20)21)19-15(23)10-4-2-3-5-11(10)17-18-19/h2-5,12H,6-9H2,1H3,(H,16,22)(H,20,21). The molecule has 1 heterocycles. The lowest BCUT2D eigenvalue weighted by atomic mass is 10.2. The molecule has 0 fully saturated rings. The summed E-state index contributed by atoms with van der Waals surface area (Å²) in [5.74, 6) is -0.784. The third-order valence-corrected chi connectivity index (χ3v) is 4.07. The Morgan fingerprint density at radius 2 is 2.12 bits per heavy atom. The van der Waals surface area contributed by atoms with Crippen molar-refractivity contribution in [1.29, 1.82) is 0 Å². The molecule has 8 nitrogen and oxygen atoms in total. The molecule has 2 aromatic rings. The smallest absolute Gasteiger partial charge is 0.305 e. The summed E-state index contributed by atoms with van der Waals surface area (Å²) in [6.07, 6.45) is 2.11. The molecule has 1 unspecified atom stereocenters. The first-order valence-electron chi connectivity index (χ1n) is 7.37. The largest absolute Gasteiger partial charge is 0.481 e. The van der Waals surface area contributed by atoms with Gasteiger partial charge in [-0.25, -0.2) is 0 Å². The normalized spacial score (nSPS) is 12.0. The Bertz CT molecular complexity index is 792. The van der Waals surface area contributed by atoms with Crippen LogP contribution in [0.4, 0.5) is 0 Å². The predicted octanol–water partition coefficient (Wildman–Crippen LogP) is 0.677. The summed E-state index contributed by atoms with van der Waals surface area (Å²) in [5, 5.41) is 19.5. The molecule has 2 N–H and O–H groups in total. The van der Waals surface area contributed by atoms with Gasteiger partial charge < -0.3 is 10.4 Å². The molecule has 1 atom stereocenters. The number of benzene rings is 1. The van der Waals surface area contributed by atoms with Gasteiger partial charge in [0.2, 0.25) is 5.91 Å². The Hall–Kier alpha value is -2.42. The van der Waals surface area contributed by atoms with E-state index in [1.54, 1.807) is 36.0 Å². The Morgan fingerprint density at radius 3 is 2.83 bits per heavy atom. The fourth-order valence-corrected chi connectivity index (χ4v) is 2.67. The molecule has 2 rings (SSSR count). The number of hydrogen-bond acceptors (Lipinski definition) is 6. The highest BCUT2D eigenvalue weighted by atomic mass is 32.2. The Balaban J connectivity index is 2.30. The van der Waals surface area contributed by atoms with Crippen molar-refractivity contribution in [2.75, 3.05) is 18.6 Å². The van der Waals surface area contributed by atoms with Crippen LogP contribution in [-0.4, -0.2) is 50.5 Å². The Labute approximate surface area is 142 Å². The number of carbonyl (C=O) groups excluding carboxylic acids is 1. The van der Waals surface area contributed by atoms with E-state index in [9.17, 15) is 14.4 Å². The zero-order valence-electron chi connectivity index (χ0n) is 13.1. The number of rotatable bonds is 8. The molecule has 0 aliphatic rings. The fourth-order valence-electron chi connectivity index (χ4n) is 2.21. The van der Waals surface area contributed by atoms with E-state index in [1.807, 2.05) is 6.26 Å². The molecule has 24 heavy (non-hydrogen) atoms. The van der Waals surface area contributed by atoms with Gasteiger partial charge in [-0.05, 0) is 30.6 Å². The van der Waals surface area contributed by atoms with E-state index < -0.39 is 17.9 Å². The Morgan fingerprint density at radius 1 is 1.38 bits per heavy atom. The van der Waals surface area contributed by atoms with E-state index in [1.165, 1.54) is 0 Å². The van der Waals surface area contributed by atoms with Gasteiger partial charge in [0.1, 0.15) is 11.6 Å². The van der Waals surface area contributed by atoms with Gasteiger partial charge in [0.15, 0.2) is 0 Å². The van der Waals surface area contributed by atoms with Crippen LogP contribution >= 0.6 is 11.8 Å². The van der Waals surface area contributed by atoms with E-state index in [0.717, 1.165) is 4.68 Å². The number of nitrogens with one attached hydrogen (secondary N) is 1. The molecule has 0 saturated carbocycles. The van der Waals surface area contributed by atoms with Crippen molar-refractivity contribution in [3.63, 3.8) is 0 Å². The van der Waals surface area contributed by atoms with Crippen LogP contribution in [0.2, 0.25) is 0 Å². The number of amides is 1. The van der Waals surface area contributed by atoms with E-state index in [2.05, 4.69) is 15.6 Å². The first-order chi connectivity index (χ1) is 11.5. The molecular formula is C15H18N4O4S. The van der Waals surface area contributed by atoms with Crippen LogP contribution in [-0.2, 0) is 9.59 Å². The van der Waals surface area contributed by atoms with E-state index in [-0.39, 0.29) is 18.5 Å². The number of aliphatic carboxylic acids is 1. The lowest BCUT2D eigenvalue weighted by Crippen LogP contribution is -2.40. The number of fused-ring (bicyclic) bond motifs is 1. The minimum atomic E-state index is -1.00. The van der Waals surface area contributed by atoms with Crippen molar-refractivity contribution >= 4 is 34.5 Å². The van der Waals surface area contributed by atoms with Crippen molar-refractivity contribution in [2.24, 2.45) is 0 Å². The Kier molecular flexibility index (Phi) is 6.30. The summed E-state index contributed by atoms with van der Waals surface area (Å²) >= 11 is 1.54. The topological polar surface area (TPSA) is 114 Å². The number of hydrogen-bond donors (Lipinski definition) is 2. The number of carbonyl (C=O) groups is 2. The van der Waals surface area contributed by atoms with E-state index in [0.29, 0.717) is 23.1 Å². The zero-order chi connectivity index (χ0) is 17.5. The van der Waals surface area contributed by atoms with E-state index >= 15 is 0 Å². The number of nitrogens with zero attached hydrogens (tertiary/aromatic N) is 3. The molecule has 0 aliphatic carbocycles. The maximum absolute atomic E-state index is 12.6. The molecule has 9 heteroatoms. The molecular weight excluding hydrogens is 332 g/mol. The third-order valence-electron chi connectivity index (χ3n) is 3.42. The monoisotopic (exact) mass is 350 g/mol. The third kappa shape index (κ3) is 4.31. The second kappa shape index (κ2) is 8.44. The van der Waals surface area contributed by atoms with Gasteiger partial charge in [0.05, 0.1) is 11.8 Å². The second-order valence-corrected chi connectivity index (χ2v) is 6.07. The fraction of sp³-hybridized carbons (Fsp3) is 0.400. The summed E-state index contributed by atoms with van der Waals surface area (Å²) in [6.45, 7) is -0.000303. The molecule has 0 radical (unpaired) electrons. The van der Waals surface area contributed by atoms with Crippen molar-refractivity contribution in [3.8, 4) is 0 Å². The van der Waals surface area contributed by atoms with Gasteiger partial charge in [-0.3, -0.25) is 14.4 Å². The quantitative estimate of drug-likeness (QED) is 0.719. The van der Waals surface area contributed by atoms with Gasteiger partial charge in [0.25, 0.3) is 5.56 Å². The molecule has 1 aromatic heterocycles. The lowest BCUT2D eigenvalue weighted by molar-refractivity contribution is -0.137. The first-order valence-corrected chi connectivity index (χ1v) is 8.76. The SMILES string of the molecule is CSCCC(C(=O)NCCC(=O)O)n1nnc2ccccc2c1=O. The van der Waals surface area contributed by atoms with Crippen LogP contribution in [0.25, 0.3) is 10.9 Å². The van der Waals surface area contributed by atoms with Gasteiger partial charge in [-0.2, -0.15) is 16.4 Å². The highest BCUT2D eigenvalue weighted by Gasteiger charge is 2.23. The van der Waals surface area contributed by atoms with E-state index in [4.69, 9.17) is 5.11 Å². The molecule has 0 spiro atoms. The molecule has 1 aromatic carbocycles. The number of thioether (sulfide) groups is 1. The highest BCUT2D eigenvalue weighted by Crippen LogP contribution is 2.13. The van der Waals surface area contributed by atoms with Crippen molar-refractivity contribution in [2.45, 2.75) is 18.9 Å². The van der Waals surface area contributed by atoms with Crippen LogP contribution in [0.1, 0.15) is 18.9 Å². The molecule has 128 valence electrons. The van der Waals surface area contributed by atoms with Gasteiger partial charge in [0, 0.05) is 6.54 Å². The summed E-state index contributed by atoms with van der Waals surface area (Å²) in [5.41, 5.74) is 0.0775. The summed E-state index contributed by atoms with van der Waals surface area (Å²) in [7, 11) is 0. The molecule has 0 aliphatic heterocycles. The summed E-state index contributed by atoms with van der Waals surface area (Å²) < 4.78 is 1.08. The van der Waals surface area contributed by atoms with Crippen LogP contribution in [0.3, 0.4) is 0 Å². The lowest BCUT2D eigenvalue weighted by Gasteiger charge is -2.17. The van der Waals surface area contributed by atoms with Crippen molar-refractivity contribution in [1.82, 2.24) is 20.3 Å². The number of aromatic nitrogens is 3. The zero-order valence-corrected chi connectivity index (χ0v) is 14.0. The highest BCUT2D eigenvalue weighted by molar-refractivity contribution is 7.98. The second-order valence-electron chi connectivity index (χ2n) is 5.09.